The highest BCUT2D eigenvalue weighted by molar-refractivity contribution is 5.88. The maximum Gasteiger partial charge on any atom is 0.343 e. The zero-order valence-electron chi connectivity index (χ0n) is 9.82. The standard InChI is InChI=1S/C11H16N2O3/c1-4-6-13-10(14)9(7-8(3)12-13)11(15)16-5-2/h7H,4-6H2,1-3H3. The molecule has 0 saturated carbocycles. The lowest BCUT2D eigenvalue weighted by Crippen LogP contribution is -2.30. The minimum Gasteiger partial charge on any atom is -0.462 e. The first-order valence-corrected chi connectivity index (χ1v) is 5.36. The summed E-state index contributed by atoms with van der Waals surface area (Å²) in [6.07, 6.45) is 0.790. The number of aryl methyl sites for hydroxylation is 2. The Labute approximate surface area is 94.0 Å². The summed E-state index contributed by atoms with van der Waals surface area (Å²) in [5, 5.41) is 4.06. The Balaban J connectivity index is 3.18. The molecule has 0 bridgehead atoms. The van der Waals surface area contributed by atoms with E-state index >= 15 is 0 Å². The van der Waals surface area contributed by atoms with Gasteiger partial charge in [-0.05, 0) is 26.3 Å². The Morgan fingerprint density at radius 1 is 1.50 bits per heavy atom. The smallest absolute Gasteiger partial charge is 0.343 e. The summed E-state index contributed by atoms with van der Waals surface area (Å²) in [6, 6.07) is 1.46. The number of esters is 1. The van der Waals surface area contributed by atoms with E-state index in [2.05, 4.69) is 5.10 Å². The molecule has 0 atom stereocenters. The van der Waals surface area contributed by atoms with Crippen LogP contribution in [0.2, 0.25) is 0 Å². The number of ether oxygens (including phenoxy) is 1. The average Bonchev–Trinajstić information content (AvgIpc) is 2.23. The third-order valence-corrected chi connectivity index (χ3v) is 2.03. The summed E-state index contributed by atoms with van der Waals surface area (Å²) in [7, 11) is 0. The highest BCUT2D eigenvalue weighted by atomic mass is 16.5. The fourth-order valence-corrected chi connectivity index (χ4v) is 1.39. The van der Waals surface area contributed by atoms with Crippen LogP contribution in [0.15, 0.2) is 10.9 Å². The van der Waals surface area contributed by atoms with Crippen molar-refractivity contribution in [3.05, 3.63) is 27.7 Å². The van der Waals surface area contributed by atoms with E-state index in [1.54, 1.807) is 13.8 Å². The summed E-state index contributed by atoms with van der Waals surface area (Å²) >= 11 is 0. The lowest BCUT2D eigenvalue weighted by molar-refractivity contribution is 0.0522. The van der Waals surface area contributed by atoms with Crippen molar-refractivity contribution >= 4 is 5.97 Å². The van der Waals surface area contributed by atoms with Crippen LogP contribution in [0.1, 0.15) is 36.3 Å². The fourth-order valence-electron chi connectivity index (χ4n) is 1.39. The third kappa shape index (κ3) is 2.68. The lowest BCUT2D eigenvalue weighted by Gasteiger charge is -2.07. The molecule has 0 aromatic carbocycles. The van der Waals surface area contributed by atoms with Gasteiger partial charge in [0, 0.05) is 6.54 Å². The Morgan fingerprint density at radius 2 is 2.19 bits per heavy atom. The zero-order valence-corrected chi connectivity index (χ0v) is 9.82. The molecule has 0 fully saturated rings. The molecule has 0 amide bonds. The molecule has 16 heavy (non-hydrogen) atoms. The second kappa shape index (κ2) is 5.44. The van der Waals surface area contributed by atoms with Crippen LogP contribution in [0.25, 0.3) is 0 Å². The van der Waals surface area contributed by atoms with Crippen molar-refractivity contribution in [1.82, 2.24) is 9.78 Å². The maximum atomic E-state index is 11.8. The van der Waals surface area contributed by atoms with E-state index in [4.69, 9.17) is 4.74 Å². The highest BCUT2D eigenvalue weighted by Crippen LogP contribution is 1.99. The number of rotatable bonds is 4. The maximum absolute atomic E-state index is 11.8. The van der Waals surface area contributed by atoms with Crippen molar-refractivity contribution < 1.29 is 9.53 Å². The minimum atomic E-state index is -0.581. The number of hydrogen-bond acceptors (Lipinski definition) is 4. The van der Waals surface area contributed by atoms with Crippen LogP contribution in [0, 0.1) is 6.92 Å². The first-order valence-electron chi connectivity index (χ1n) is 5.36. The SMILES string of the molecule is CCCn1nc(C)cc(C(=O)OCC)c1=O. The van der Waals surface area contributed by atoms with Gasteiger partial charge in [0.2, 0.25) is 0 Å². The van der Waals surface area contributed by atoms with E-state index in [-0.39, 0.29) is 17.7 Å². The molecule has 88 valence electrons. The Morgan fingerprint density at radius 3 is 2.75 bits per heavy atom. The molecule has 5 nitrogen and oxygen atoms in total. The quantitative estimate of drug-likeness (QED) is 0.719. The van der Waals surface area contributed by atoms with Crippen molar-refractivity contribution in [1.29, 1.82) is 0 Å². The van der Waals surface area contributed by atoms with Gasteiger partial charge in [0.15, 0.2) is 0 Å². The normalized spacial score (nSPS) is 10.2. The molecule has 1 aromatic heterocycles. The van der Waals surface area contributed by atoms with Gasteiger partial charge in [0.05, 0.1) is 12.3 Å². The molecule has 0 saturated heterocycles. The van der Waals surface area contributed by atoms with Gasteiger partial charge >= 0.3 is 5.97 Å². The van der Waals surface area contributed by atoms with E-state index in [0.717, 1.165) is 6.42 Å². The summed E-state index contributed by atoms with van der Waals surface area (Å²) in [4.78, 5) is 23.3. The van der Waals surface area contributed by atoms with E-state index < -0.39 is 5.97 Å². The molecule has 1 rings (SSSR count). The van der Waals surface area contributed by atoms with E-state index in [9.17, 15) is 9.59 Å². The molecular formula is C11H16N2O3. The molecule has 1 aromatic rings. The van der Waals surface area contributed by atoms with Crippen molar-refractivity contribution in [2.75, 3.05) is 6.61 Å². The van der Waals surface area contributed by atoms with Crippen LogP contribution < -0.4 is 5.56 Å². The third-order valence-electron chi connectivity index (χ3n) is 2.03. The largest absolute Gasteiger partial charge is 0.462 e. The summed E-state index contributed by atoms with van der Waals surface area (Å²) in [5.74, 6) is -0.581. The van der Waals surface area contributed by atoms with Crippen molar-refractivity contribution in [2.45, 2.75) is 33.7 Å². The minimum absolute atomic E-state index is 0.0581. The van der Waals surface area contributed by atoms with Gasteiger partial charge in [0.25, 0.3) is 5.56 Å². The van der Waals surface area contributed by atoms with Crippen LogP contribution in [0.5, 0.6) is 0 Å². The van der Waals surface area contributed by atoms with Gasteiger partial charge in [-0.2, -0.15) is 5.10 Å². The fraction of sp³-hybridized carbons (Fsp3) is 0.545. The molecule has 0 spiro atoms. The van der Waals surface area contributed by atoms with Crippen LogP contribution in [-0.4, -0.2) is 22.4 Å². The van der Waals surface area contributed by atoms with E-state index in [0.29, 0.717) is 12.2 Å². The predicted molar refractivity (Wildman–Crippen MR) is 59.5 cm³/mol. The van der Waals surface area contributed by atoms with Crippen LogP contribution in [-0.2, 0) is 11.3 Å². The number of carbonyl (C=O) groups is 1. The van der Waals surface area contributed by atoms with Crippen molar-refractivity contribution in [2.24, 2.45) is 0 Å². The first kappa shape index (κ1) is 12.4. The zero-order chi connectivity index (χ0) is 12.1. The topological polar surface area (TPSA) is 61.2 Å². The molecule has 0 unspecified atom stereocenters. The monoisotopic (exact) mass is 224 g/mol. The Kier molecular flexibility index (Phi) is 4.22. The molecule has 0 aliphatic carbocycles. The van der Waals surface area contributed by atoms with Gasteiger partial charge in [-0.1, -0.05) is 6.92 Å². The molecule has 1 heterocycles. The van der Waals surface area contributed by atoms with Gasteiger partial charge < -0.3 is 4.74 Å². The summed E-state index contributed by atoms with van der Waals surface area (Å²) < 4.78 is 6.12. The van der Waals surface area contributed by atoms with E-state index in [1.807, 2.05) is 6.92 Å². The first-order chi connectivity index (χ1) is 7.60. The Bertz CT molecular complexity index is 437. The summed E-state index contributed by atoms with van der Waals surface area (Å²) in [5.41, 5.74) is 0.310. The predicted octanol–water partition coefficient (Wildman–Crippen LogP) is 1.14. The molecular weight excluding hydrogens is 208 g/mol. The molecule has 0 radical (unpaired) electrons. The van der Waals surface area contributed by atoms with Crippen LogP contribution >= 0.6 is 0 Å². The number of aromatic nitrogens is 2. The second-order valence-electron chi connectivity index (χ2n) is 3.45. The Hall–Kier alpha value is -1.65. The number of carbonyl (C=O) groups excluding carboxylic acids is 1. The van der Waals surface area contributed by atoms with Gasteiger partial charge in [-0.3, -0.25) is 4.79 Å². The molecule has 0 aliphatic heterocycles. The highest BCUT2D eigenvalue weighted by Gasteiger charge is 2.14. The number of nitrogens with zero attached hydrogens (tertiary/aromatic N) is 2. The van der Waals surface area contributed by atoms with Crippen molar-refractivity contribution in [3.63, 3.8) is 0 Å². The van der Waals surface area contributed by atoms with Gasteiger partial charge in [-0.25, -0.2) is 9.48 Å². The van der Waals surface area contributed by atoms with Crippen LogP contribution in [0.4, 0.5) is 0 Å². The summed E-state index contributed by atoms with van der Waals surface area (Å²) in [6.45, 7) is 6.16. The molecule has 0 N–H and O–H groups in total. The van der Waals surface area contributed by atoms with Gasteiger partial charge in [0.1, 0.15) is 5.56 Å². The number of hydrogen-bond donors (Lipinski definition) is 0. The molecule has 5 heteroatoms. The molecule has 0 aliphatic rings. The van der Waals surface area contributed by atoms with Crippen molar-refractivity contribution in [3.8, 4) is 0 Å². The average molecular weight is 224 g/mol. The second-order valence-corrected chi connectivity index (χ2v) is 3.45. The van der Waals surface area contributed by atoms with Gasteiger partial charge in [-0.15, -0.1) is 0 Å². The van der Waals surface area contributed by atoms with Crippen LogP contribution in [0.3, 0.4) is 0 Å². The van der Waals surface area contributed by atoms with E-state index in [1.165, 1.54) is 10.7 Å². The lowest BCUT2D eigenvalue weighted by atomic mass is 10.2.